The zero-order valence-electron chi connectivity index (χ0n) is 6.21. The number of rotatable bonds is 1. The lowest BCUT2D eigenvalue weighted by Crippen LogP contribution is -2.48. The van der Waals surface area contributed by atoms with Gasteiger partial charge in [0.15, 0.2) is 0 Å². The largest absolute Gasteiger partial charge is 0.480 e. The van der Waals surface area contributed by atoms with Crippen molar-refractivity contribution in [1.29, 1.82) is 0 Å². The van der Waals surface area contributed by atoms with E-state index in [0.29, 0.717) is 12.8 Å². The lowest BCUT2D eigenvalue weighted by molar-refractivity contribution is -0.143. The van der Waals surface area contributed by atoms with E-state index in [9.17, 15) is 4.79 Å². The Morgan fingerprint density at radius 1 is 1.82 bits per heavy atom. The van der Waals surface area contributed by atoms with Crippen LogP contribution in [0.25, 0.3) is 0 Å². The lowest BCUT2D eigenvalue weighted by Gasteiger charge is -2.26. The van der Waals surface area contributed by atoms with Crippen molar-refractivity contribution in [3.05, 3.63) is 24.3 Å². The molecule has 0 aromatic rings. The first-order valence-corrected chi connectivity index (χ1v) is 3.41. The molecule has 3 N–H and O–H groups in total. The first-order chi connectivity index (χ1) is 5.04. The van der Waals surface area contributed by atoms with Gasteiger partial charge < -0.3 is 10.8 Å². The van der Waals surface area contributed by atoms with E-state index in [2.05, 4.69) is 6.58 Å². The van der Waals surface area contributed by atoms with Gasteiger partial charge in [-0.3, -0.25) is 4.79 Å². The van der Waals surface area contributed by atoms with E-state index >= 15 is 0 Å². The quantitative estimate of drug-likeness (QED) is 0.582. The molecule has 0 aromatic carbocycles. The fourth-order valence-corrected chi connectivity index (χ4v) is 1.14. The van der Waals surface area contributed by atoms with Gasteiger partial charge >= 0.3 is 5.97 Å². The van der Waals surface area contributed by atoms with Crippen molar-refractivity contribution < 1.29 is 9.90 Å². The van der Waals surface area contributed by atoms with Crippen LogP contribution < -0.4 is 5.73 Å². The van der Waals surface area contributed by atoms with E-state index in [-0.39, 0.29) is 0 Å². The number of carbonyl (C=O) groups is 1. The molecule has 0 unspecified atom stereocenters. The maximum absolute atomic E-state index is 10.6. The van der Waals surface area contributed by atoms with Crippen molar-refractivity contribution >= 4 is 5.97 Å². The van der Waals surface area contributed by atoms with E-state index in [1.54, 1.807) is 6.08 Å². The molecule has 1 aliphatic rings. The summed E-state index contributed by atoms with van der Waals surface area (Å²) in [5.41, 5.74) is 5.24. The van der Waals surface area contributed by atoms with Gasteiger partial charge in [-0.15, -0.1) is 0 Å². The highest BCUT2D eigenvalue weighted by Crippen LogP contribution is 2.23. The predicted octanol–water partition coefficient (Wildman–Crippen LogP) is 0.675. The molecular weight excluding hydrogens is 142 g/mol. The van der Waals surface area contributed by atoms with Crippen LogP contribution in [0.5, 0.6) is 0 Å². The third-order valence-electron chi connectivity index (χ3n) is 1.80. The molecule has 0 radical (unpaired) electrons. The van der Waals surface area contributed by atoms with Crippen LogP contribution in [0.15, 0.2) is 24.3 Å². The summed E-state index contributed by atoms with van der Waals surface area (Å²) in [4.78, 5) is 10.6. The minimum absolute atomic E-state index is 0.346. The zero-order chi connectivity index (χ0) is 8.48. The Morgan fingerprint density at radius 2 is 2.45 bits per heavy atom. The fraction of sp³-hybridized carbons (Fsp3) is 0.375. The second kappa shape index (κ2) is 2.51. The maximum Gasteiger partial charge on any atom is 0.324 e. The van der Waals surface area contributed by atoms with E-state index in [1.165, 1.54) is 0 Å². The average Bonchev–Trinajstić information content (AvgIpc) is 1.86. The van der Waals surface area contributed by atoms with Crippen LogP contribution in [0.1, 0.15) is 12.8 Å². The van der Waals surface area contributed by atoms with Gasteiger partial charge in [0.05, 0.1) is 0 Å². The Balaban J connectivity index is 2.83. The number of carboxylic acid groups (broad SMARTS) is 1. The second-order valence-electron chi connectivity index (χ2n) is 2.90. The summed E-state index contributed by atoms with van der Waals surface area (Å²) in [5, 5.41) is 8.72. The summed E-state index contributed by atoms with van der Waals surface area (Å²) in [6, 6.07) is 0. The molecule has 0 saturated heterocycles. The van der Waals surface area contributed by atoms with Gasteiger partial charge in [-0.2, -0.15) is 0 Å². The molecule has 0 fully saturated rings. The van der Waals surface area contributed by atoms with Gasteiger partial charge in [-0.05, 0) is 6.42 Å². The molecule has 3 nitrogen and oxygen atoms in total. The third-order valence-corrected chi connectivity index (χ3v) is 1.80. The van der Waals surface area contributed by atoms with Crippen LogP contribution in [0, 0.1) is 0 Å². The Labute approximate surface area is 65.2 Å². The highest BCUT2D eigenvalue weighted by Gasteiger charge is 2.34. The summed E-state index contributed by atoms with van der Waals surface area (Å²) in [7, 11) is 0. The number of hydrogen-bond acceptors (Lipinski definition) is 2. The number of nitrogens with two attached hydrogens (primary N) is 1. The van der Waals surface area contributed by atoms with Crippen LogP contribution in [0.2, 0.25) is 0 Å². The van der Waals surface area contributed by atoms with E-state index in [4.69, 9.17) is 10.8 Å². The Hall–Kier alpha value is -1.09. The average molecular weight is 153 g/mol. The summed E-state index contributed by atoms with van der Waals surface area (Å²) in [6.07, 6.45) is 4.30. The highest BCUT2D eigenvalue weighted by molar-refractivity contribution is 5.79. The summed E-state index contributed by atoms with van der Waals surface area (Å²) >= 11 is 0. The smallest absolute Gasteiger partial charge is 0.324 e. The van der Waals surface area contributed by atoms with Crippen LogP contribution in [0.4, 0.5) is 0 Å². The SMILES string of the molecule is C=C1C=CC[C@](N)(C(=O)O)C1. The van der Waals surface area contributed by atoms with Gasteiger partial charge in [0.25, 0.3) is 0 Å². The molecular formula is C8H11NO2. The molecule has 0 heterocycles. The first-order valence-electron chi connectivity index (χ1n) is 3.41. The van der Waals surface area contributed by atoms with Crippen LogP contribution >= 0.6 is 0 Å². The highest BCUT2D eigenvalue weighted by atomic mass is 16.4. The molecule has 0 amide bonds. The van der Waals surface area contributed by atoms with Crippen molar-refractivity contribution in [3.8, 4) is 0 Å². The number of aliphatic carboxylic acids is 1. The molecule has 60 valence electrons. The molecule has 0 bridgehead atoms. The second-order valence-corrected chi connectivity index (χ2v) is 2.90. The maximum atomic E-state index is 10.6. The Bertz CT molecular complexity index is 232. The standard InChI is InChI=1S/C8H11NO2/c1-6-3-2-4-8(9,5-6)7(10)11/h2-3H,1,4-5,9H2,(H,10,11)/t8-/m1/s1. The van der Waals surface area contributed by atoms with Gasteiger partial charge in [0.2, 0.25) is 0 Å². The van der Waals surface area contributed by atoms with Crippen molar-refractivity contribution in [2.24, 2.45) is 5.73 Å². The fourth-order valence-electron chi connectivity index (χ4n) is 1.14. The molecule has 1 rings (SSSR count). The van der Waals surface area contributed by atoms with Gasteiger partial charge in [-0.25, -0.2) is 0 Å². The van der Waals surface area contributed by atoms with Gasteiger partial charge in [-0.1, -0.05) is 24.3 Å². The third kappa shape index (κ3) is 1.49. The summed E-state index contributed by atoms with van der Waals surface area (Å²) in [6.45, 7) is 3.66. The molecule has 1 aliphatic carbocycles. The number of allylic oxidation sites excluding steroid dienone is 1. The molecule has 0 saturated carbocycles. The van der Waals surface area contributed by atoms with Gasteiger partial charge in [0.1, 0.15) is 5.54 Å². The van der Waals surface area contributed by atoms with Crippen LogP contribution in [0.3, 0.4) is 0 Å². The zero-order valence-corrected chi connectivity index (χ0v) is 6.21. The molecule has 0 aliphatic heterocycles. The molecule has 11 heavy (non-hydrogen) atoms. The van der Waals surface area contributed by atoms with Crippen molar-refractivity contribution in [2.75, 3.05) is 0 Å². The van der Waals surface area contributed by atoms with Crippen LogP contribution in [-0.4, -0.2) is 16.6 Å². The predicted molar refractivity (Wildman–Crippen MR) is 42.1 cm³/mol. The van der Waals surface area contributed by atoms with E-state index in [0.717, 1.165) is 5.57 Å². The monoisotopic (exact) mass is 153 g/mol. The molecule has 3 heteroatoms. The van der Waals surface area contributed by atoms with Crippen molar-refractivity contribution in [3.63, 3.8) is 0 Å². The van der Waals surface area contributed by atoms with E-state index < -0.39 is 11.5 Å². The minimum atomic E-state index is -1.12. The Kier molecular flexibility index (Phi) is 1.83. The van der Waals surface area contributed by atoms with Crippen LogP contribution in [-0.2, 0) is 4.79 Å². The lowest BCUT2D eigenvalue weighted by atomic mass is 9.85. The van der Waals surface area contributed by atoms with Crippen molar-refractivity contribution in [2.45, 2.75) is 18.4 Å². The molecule has 0 aromatic heterocycles. The summed E-state index contributed by atoms with van der Waals surface area (Å²) < 4.78 is 0. The minimum Gasteiger partial charge on any atom is -0.480 e. The van der Waals surface area contributed by atoms with Gasteiger partial charge in [0, 0.05) is 6.42 Å². The molecule has 0 spiro atoms. The topological polar surface area (TPSA) is 63.3 Å². The van der Waals surface area contributed by atoms with E-state index in [1.807, 2.05) is 6.08 Å². The molecule has 1 atom stereocenters. The number of hydrogen-bond donors (Lipinski definition) is 2. The van der Waals surface area contributed by atoms with Crippen molar-refractivity contribution in [1.82, 2.24) is 0 Å². The first kappa shape index (κ1) is 8.01. The Morgan fingerprint density at radius 3 is 2.82 bits per heavy atom. The summed E-state index contributed by atoms with van der Waals surface area (Å²) in [5.74, 6) is -0.956. The number of carboxylic acids is 1. The normalized spacial score (nSPS) is 30.5.